The number of nitrogens with zero attached hydrogens (tertiary/aromatic N) is 2. The number of ether oxygens (including phenoxy) is 3. The number of carbonyl (C=O) groups is 1. The Morgan fingerprint density at radius 1 is 0.957 bits per heavy atom. The predicted octanol–water partition coefficient (Wildman–Crippen LogP) is 6.83. The van der Waals surface area contributed by atoms with Crippen LogP contribution in [0.3, 0.4) is 0 Å². The molecule has 5 aromatic rings. The molecule has 7 nitrogen and oxygen atoms in total. The van der Waals surface area contributed by atoms with Gasteiger partial charge in [-0.15, -0.1) is 0 Å². The quantitative estimate of drug-likeness (QED) is 0.161. The van der Waals surface area contributed by atoms with Gasteiger partial charge in [-0.1, -0.05) is 89.1 Å². The summed E-state index contributed by atoms with van der Waals surface area (Å²) in [7, 11) is 1.58. The monoisotopic (exact) mass is 670 g/mol. The highest BCUT2D eigenvalue weighted by atomic mass is 35.5. The Kier molecular flexibility index (Phi) is 9.40. The van der Waals surface area contributed by atoms with E-state index in [-0.39, 0.29) is 24.3 Å². The molecule has 0 saturated carbocycles. The van der Waals surface area contributed by atoms with E-state index in [2.05, 4.69) is 0 Å². The van der Waals surface area contributed by atoms with Gasteiger partial charge in [0.05, 0.1) is 35.6 Å². The molecule has 0 spiro atoms. The first-order valence-electron chi connectivity index (χ1n) is 14.5. The number of thiazole rings is 1. The van der Waals surface area contributed by atoms with Crippen LogP contribution >= 0.6 is 34.5 Å². The van der Waals surface area contributed by atoms with Crippen molar-refractivity contribution in [2.75, 3.05) is 13.7 Å². The number of benzene rings is 4. The highest BCUT2D eigenvalue weighted by molar-refractivity contribution is 7.07. The van der Waals surface area contributed by atoms with E-state index in [4.69, 9.17) is 42.4 Å². The molecular weight excluding hydrogens is 643 g/mol. The van der Waals surface area contributed by atoms with Gasteiger partial charge in [0.25, 0.3) is 5.56 Å². The van der Waals surface area contributed by atoms with Crippen LogP contribution in [0.4, 0.5) is 0 Å². The molecule has 6 rings (SSSR count). The number of esters is 1. The third kappa shape index (κ3) is 6.51. The number of carbonyl (C=O) groups excluding carboxylic acids is 1. The molecule has 0 N–H and O–H groups in total. The molecule has 232 valence electrons. The fourth-order valence-electron chi connectivity index (χ4n) is 5.23. The van der Waals surface area contributed by atoms with Gasteiger partial charge in [-0.3, -0.25) is 9.36 Å². The second kappa shape index (κ2) is 13.8. The Labute approximate surface area is 279 Å². The molecule has 0 saturated heterocycles. The largest absolute Gasteiger partial charge is 0.497 e. The van der Waals surface area contributed by atoms with E-state index in [1.807, 2.05) is 60.7 Å². The van der Waals surface area contributed by atoms with E-state index in [0.717, 1.165) is 11.1 Å². The van der Waals surface area contributed by atoms with Crippen molar-refractivity contribution in [1.29, 1.82) is 0 Å². The van der Waals surface area contributed by atoms with Crippen molar-refractivity contribution in [2.45, 2.75) is 19.6 Å². The number of halogens is 2. The number of fused-ring (bicyclic) bond motifs is 1. The molecule has 1 aliphatic rings. The van der Waals surface area contributed by atoms with Crippen LogP contribution in [0.2, 0.25) is 10.0 Å². The minimum Gasteiger partial charge on any atom is -0.497 e. The van der Waals surface area contributed by atoms with Crippen LogP contribution in [0.25, 0.3) is 11.8 Å². The number of aromatic nitrogens is 1. The Bertz CT molecular complexity index is 2120. The predicted molar refractivity (Wildman–Crippen MR) is 181 cm³/mol. The molecule has 0 unspecified atom stereocenters. The maximum absolute atomic E-state index is 14.3. The van der Waals surface area contributed by atoms with Crippen LogP contribution in [0.1, 0.15) is 35.2 Å². The average molecular weight is 672 g/mol. The van der Waals surface area contributed by atoms with E-state index in [1.54, 1.807) is 61.1 Å². The summed E-state index contributed by atoms with van der Waals surface area (Å²) in [5, 5.41) is 1.10. The van der Waals surface area contributed by atoms with Gasteiger partial charge < -0.3 is 14.2 Å². The fourth-order valence-corrected chi connectivity index (χ4v) is 6.62. The Morgan fingerprint density at radius 3 is 2.43 bits per heavy atom. The molecule has 1 atom stereocenters. The molecule has 4 aromatic carbocycles. The van der Waals surface area contributed by atoms with Gasteiger partial charge in [-0.25, -0.2) is 9.79 Å². The van der Waals surface area contributed by atoms with Gasteiger partial charge in [0.1, 0.15) is 18.1 Å². The van der Waals surface area contributed by atoms with Crippen molar-refractivity contribution in [3.05, 3.63) is 155 Å². The molecule has 10 heteroatoms. The smallest absolute Gasteiger partial charge is 0.338 e. The van der Waals surface area contributed by atoms with Crippen LogP contribution in [0.5, 0.6) is 11.5 Å². The van der Waals surface area contributed by atoms with E-state index in [1.165, 1.54) is 11.3 Å². The Hall–Kier alpha value is -4.63. The first-order valence-corrected chi connectivity index (χ1v) is 16.0. The van der Waals surface area contributed by atoms with Gasteiger partial charge in [0.2, 0.25) is 0 Å². The van der Waals surface area contributed by atoms with Crippen LogP contribution in [0.15, 0.2) is 112 Å². The van der Waals surface area contributed by atoms with E-state index in [0.29, 0.717) is 47.7 Å². The zero-order valence-corrected chi connectivity index (χ0v) is 27.2. The summed E-state index contributed by atoms with van der Waals surface area (Å²) in [6.07, 6.45) is 1.74. The van der Waals surface area contributed by atoms with Gasteiger partial charge in [-0.05, 0) is 66.6 Å². The van der Waals surface area contributed by atoms with E-state index < -0.39 is 12.0 Å². The lowest BCUT2D eigenvalue weighted by molar-refractivity contribution is -0.138. The van der Waals surface area contributed by atoms with Crippen LogP contribution in [0, 0.1) is 0 Å². The highest BCUT2D eigenvalue weighted by Gasteiger charge is 2.35. The van der Waals surface area contributed by atoms with Gasteiger partial charge in [0.15, 0.2) is 4.80 Å². The van der Waals surface area contributed by atoms with Crippen molar-refractivity contribution in [2.24, 2.45) is 4.99 Å². The molecule has 1 aromatic heterocycles. The molecule has 2 heterocycles. The zero-order valence-electron chi connectivity index (χ0n) is 24.9. The van der Waals surface area contributed by atoms with Crippen LogP contribution in [-0.4, -0.2) is 24.3 Å². The normalized spacial score (nSPS) is 14.4. The SMILES string of the molecule is CCOC(=O)C1=C(c2ccccc2)N=c2s/c(=C\c3cc(Cl)ccc3OCc3cccc(Cl)c3)c(=O)n2[C@@H]1c1ccc(OC)cc1. The number of methoxy groups -OCH3 is 1. The lowest BCUT2D eigenvalue weighted by atomic mass is 9.93. The molecule has 0 aliphatic carbocycles. The topological polar surface area (TPSA) is 79.1 Å². The van der Waals surface area contributed by atoms with Crippen molar-refractivity contribution in [1.82, 2.24) is 4.57 Å². The lowest BCUT2D eigenvalue weighted by Gasteiger charge is -2.26. The molecular formula is C36H28Cl2N2O5S. The summed E-state index contributed by atoms with van der Waals surface area (Å²) < 4.78 is 19.0. The zero-order chi connectivity index (χ0) is 32.2. The molecule has 0 fully saturated rings. The van der Waals surface area contributed by atoms with Crippen molar-refractivity contribution < 1.29 is 19.0 Å². The molecule has 0 bridgehead atoms. The van der Waals surface area contributed by atoms with E-state index >= 15 is 0 Å². The third-order valence-electron chi connectivity index (χ3n) is 7.35. The van der Waals surface area contributed by atoms with E-state index in [9.17, 15) is 9.59 Å². The lowest BCUT2D eigenvalue weighted by Crippen LogP contribution is -2.40. The van der Waals surface area contributed by atoms with Crippen molar-refractivity contribution >= 4 is 52.3 Å². The van der Waals surface area contributed by atoms with Gasteiger partial charge in [0, 0.05) is 21.2 Å². The second-order valence-corrected chi connectivity index (χ2v) is 12.2. The average Bonchev–Trinajstić information content (AvgIpc) is 3.38. The van der Waals surface area contributed by atoms with Gasteiger partial charge in [-0.2, -0.15) is 0 Å². The van der Waals surface area contributed by atoms with Crippen molar-refractivity contribution in [3.63, 3.8) is 0 Å². The second-order valence-electron chi connectivity index (χ2n) is 10.3. The summed E-state index contributed by atoms with van der Waals surface area (Å²) >= 11 is 13.8. The third-order valence-corrected chi connectivity index (χ3v) is 8.80. The number of hydrogen-bond acceptors (Lipinski definition) is 7. The maximum atomic E-state index is 14.3. The van der Waals surface area contributed by atoms with Gasteiger partial charge >= 0.3 is 5.97 Å². The molecule has 0 amide bonds. The highest BCUT2D eigenvalue weighted by Crippen LogP contribution is 2.36. The minimum absolute atomic E-state index is 0.164. The van der Waals surface area contributed by atoms with Crippen LogP contribution < -0.4 is 24.4 Å². The summed E-state index contributed by atoms with van der Waals surface area (Å²) in [6, 6.07) is 28.5. The van der Waals surface area contributed by atoms with Crippen LogP contribution in [-0.2, 0) is 16.1 Å². The maximum Gasteiger partial charge on any atom is 0.338 e. The minimum atomic E-state index is -0.809. The first-order chi connectivity index (χ1) is 22.4. The van der Waals surface area contributed by atoms with Crippen molar-refractivity contribution in [3.8, 4) is 11.5 Å². The Morgan fingerprint density at radius 2 is 1.72 bits per heavy atom. The summed E-state index contributed by atoms with van der Waals surface area (Å²) in [5.74, 6) is 0.637. The number of hydrogen-bond donors (Lipinski definition) is 0. The summed E-state index contributed by atoms with van der Waals surface area (Å²) in [5.41, 5.74) is 3.34. The Balaban J connectivity index is 1.54. The fraction of sp³-hybridized carbons (Fsp3) is 0.139. The molecule has 46 heavy (non-hydrogen) atoms. The molecule has 1 aliphatic heterocycles. The summed E-state index contributed by atoms with van der Waals surface area (Å²) in [4.78, 5) is 33.3. The standard InChI is InChI=1S/C36H28Cl2N2O5S/c1-3-44-35(42)31-32(23-9-5-4-6-10-23)39-36-40(33(31)24-12-15-28(43-2)16-13-24)34(41)30(46-36)20-25-19-27(38)14-17-29(25)45-21-22-8-7-11-26(37)18-22/h4-20,33H,3,21H2,1-2H3/b30-20-/t33-/m1/s1. The number of rotatable bonds is 9. The molecule has 0 radical (unpaired) electrons. The summed E-state index contributed by atoms with van der Waals surface area (Å²) in [6.45, 7) is 2.18. The first kappa shape index (κ1) is 31.4.